The van der Waals surface area contributed by atoms with Gasteiger partial charge in [0.15, 0.2) is 0 Å². The zero-order valence-corrected chi connectivity index (χ0v) is 17.3. The molecular weight excluding hydrogens is 320 g/mol. The summed E-state index contributed by atoms with van der Waals surface area (Å²) in [6, 6.07) is 0.468. The molecule has 0 saturated heterocycles. The molecule has 0 aliphatic heterocycles. The van der Waals surface area contributed by atoms with Crippen molar-refractivity contribution in [2.75, 3.05) is 6.61 Å². The third kappa shape index (κ3) is 16.2. The van der Waals surface area contributed by atoms with Gasteiger partial charge in [-0.2, -0.15) is 0 Å². The molecule has 25 heavy (non-hydrogen) atoms. The molecule has 7 heteroatoms. The Hall–Kier alpha value is -1.02. The lowest BCUT2D eigenvalue weighted by atomic mass is 9.80. The van der Waals surface area contributed by atoms with Crippen LogP contribution in [0.2, 0.25) is 0 Å². The molecule has 1 aromatic rings. The molecule has 0 aliphatic carbocycles. The largest absolute Gasteiger partial charge is 0.396 e. The smallest absolute Gasteiger partial charge is 0.0923 e. The standard InChI is InChI=1S/C14H28N4.C4H10O.H2O2/c1-11(2)7-14(5,6)8-13-9-18(17-16-13)10-15-12(3)4;1-4(2)3-5;1-2/h9,11-12,15H,7-8,10H2,1-6H3;4-5H,3H2,1-2H3;1-2H. The third-order valence-electron chi connectivity index (χ3n) is 3.23. The lowest BCUT2D eigenvalue weighted by Crippen LogP contribution is -2.25. The maximum atomic E-state index is 8.14. The second kappa shape index (κ2) is 14.2. The summed E-state index contributed by atoms with van der Waals surface area (Å²) in [7, 11) is 0. The molecule has 0 aliphatic rings. The monoisotopic (exact) mass is 360 g/mol. The van der Waals surface area contributed by atoms with E-state index in [-0.39, 0.29) is 0 Å². The number of aliphatic hydroxyl groups excluding tert-OH is 1. The first-order chi connectivity index (χ1) is 11.6. The molecule has 0 atom stereocenters. The average molecular weight is 361 g/mol. The molecule has 0 saturated carbocycles. The van der Waals surface area contributed by atoms with Crippen LogP contribution in [0.15, 0.2) is 6.20 Å². The number of rotatable bonds is 8. The van der Waals surface area contributed by atoms with E-state index in [0.717, 1.165) is 24.7 Å². The van der Waals surface area contributed by atoms with Gasteiger partial charge in [-0.05, 0) is 43.9 Å². The third-order valence-corrected chi connectivity index (χ3v) is 3.23. The molecule has 1 aromatic heterocycles. The summed E-state index contributed by atoms with van der Waals surface area (Å²) < 4.78 is 1.88. The first kappa shape index (κ1) is 26.2. The first-order valence-electron chi connectivity index (χ1n) is 8.99. The van der Waals surface area contributed by atoms with Crippen LogP contribution < -0.4 is 5.32 Å². The molecule has 0 aromatic carbocycles. The van der Waals surface area contributed by atoms with E-state index in [9.17, 15) is 0 Å². The Balaban J connectivity index is 0. The Bertz CT molecular complexity index is 418. The summed E-state index contributed by atoms with van der Waals surface area (Å²) in [5.41, 5.74) is 1.38. The highest BCUT2D eigenvalue weighted by atomic mass is 17.0. The SMILES string of the molecule is CC(C)CC(C)(C)Cc1cn(CNC(C)C)nn1.CC(C)CO.OO. The second-order valence-corrected chi connectivity index (χ2v) is 8.28. The lowest BCUT2D eigenvalue weighted by molar-refractivity contribution is -0.176. The minimum atomic E-state index is 0.292. The van der Waals surface area contributed by atoms with Gasteiger partial charge in [-0.3, -0.25) is 15.8 Å². The van der Waals surface area contributed by atoms with Crippen LogP contribution in [0.5, 0.6) is 0 Å². The van der Waals surface area contributed by atoms with Crippen molar-refractivity contribution in [2.24, 2.45) is 17.3 Å². The van der Waals surface area contributed by atoms with Crippen molar-refractivity contribution in [3.63, 3.8) is 0 Å². The van der Waals surface area contributed by atoms with Crippen LogP contribution in [0.1, 0.15) is 67.5 Å². The molecule has 4 N–H and O–H groups in total. The summed E-state index contributed by atoms with van der Waals surface area (Å²) in [6.45, 7) is 18.4. The fourth-order valence-corrected chi connectivity index (χ4v) is 2.44. The summed E-state index contributed by atoms with van der Waals surface area (Å²) in [6.07, 6.45) is 4.26. The molecule has 0 bridgehead atoms. The molecule has 7 nitrogen and oxygen atoms in total. The van der Waals surface area contributed by atoms with E-state index in [2.05, 4.69) is 63.4 Å². The summed E-state index contributed by atoms with van der Waals surface area (Å²) in [5, 5.41) is 31.9. The van der Waals surface area contributed by atoms with Crippen molar-refractivity contribution in [3.8, 4) is 0 Å². The van der Waals surface area contributed by atoms with Gasteiger partial charge >= 0.3 is 0 Å². The first-order valence-corrected chi connectivity index (χ1v) is 8.99. The van der Waals surface area contributed by atoms with E-state index in [1.54, 1.807) is 0 Å². The quantitative estimate of drug-likeness (QED) is 0.418. The van der Waals surface area contributed by atoms with E-state index in [4.69, 9.17) is 15.6 Å². The lowest BCUT2D eigenvalue weighted by Gasteiger charge is -2.25. The van der Waals surface area contributed by atoms with Gasteiger partial charge in [0.25, 0.3) is 0 Å². The number of aromatic nitrogens is 3. The van der Waals surface area contributed by atoms with Crippen molar-refractivity contribution in [2.45, 2.75) is 80.9 Å². The van der Waals surface area contributed by atoms with Crippen LogP contribution >= 0.6 is 0 Å². The van der Waals surface area contributed by atoms with Gasteiger partial charge in [-0.1, -0.05) is 46.8 Å². The van der Waals surface area contributed by atoms with Crippen LogP contribution in [0.4, 0.5) is 0 Å². The Kier molecular flexibility index (Phi) is 14.9. The van der Waals surface area contributed by atoms with Crippen LogP contribution in [-0.4, -0.2) is 43.3 Å². The van der Waals surface area contributed by atoms with Gasteiger partial charge in [0, 0.05) is 18.8 Å². The highest BCUT2D eigenvalue weighted by molar-refractivity contribution is 4.97. The number of aliphatic hydroxyl groups is 1. The number of nitrogens with zero attached hydrogens (tertiary/aromatic N) is 3. The summed E-state index contributed by atoms with van der Waals surface area (Å²) in [4.78, 5) is 0. The number of hydrogen-bond acceptors (Lipinski definition) is 6. The van der Waals surface area contributed by atoms with Crippen LogP contribution in [0, 0.1) is 17.3 Å². The van der Waals surface area contributed by atoms with Gasteiger partial charge in [0.1, 0.15) is 0 Å². The van der Waals surface area contributed by atoms with Crippen molar-refractivity contribution in [1.82, 2.24) is 20.3 Å². The average Bonchev–Trinajstić information content (AvgIpc) is 2.93. The molecule has 0 amide bonds. The van der Waals surface area contributed by atoms with Gasteiger partial charge in [0.05, 0.1) is 12.4 Å². The van der Waals surface area contributed by atoms with Crippen LogP contribution in [-0.2, 0) is 13.1 Å². The predicted molar refractivity (Wildman–Crippen MR) is 102 cm³/mol. The zero-order valence-electron chi connectivity index (χ0n) is 17.3. The van der Waals surface area contributed by atoms with Gasteiger partial charge in [0.2, 0.25) is 0 Å². The maximum absolute atomic E-state index is 8.14. The molecule has 0 unspecified atom stereocenters. The fraction of sp³-hybridized carbons (Fsp3) is 0.889. The minimum absolute atomic E-state index is 0.292. The minimum Gasteiger partial charge on any atom is -0.396 e. The van der Waals surface area contributed by atoms with E-state index >= 15 is 0 Å². The normalized spacial score (nSPS) is 11.3. The maximum Gasteiger partial charge on any atom is 0.0923 e. The van der Waals surface area contributed by atoms with E-state index in [1.165, 1.54) is 6.42 Å². The highest BCUT2D eigenvalue weighted by Gasteiger charge is 2.21. The molecule has 1 rings (SSSR count). The van der Waals surface area contributed by atoms with Gasteiger partial charge in [-0.25, -0.2) is 4.68 Å². The number of hydrogen-bond donors (Lipinski definition) is 4. The van der Waals surface area contributed by atoms with Crippen molar-refractivity contribution < 1.29 is 15.6 Å². The van der Waals surface area contributed by atoms with Crippen molar-refractivity contribution in [1.29, 1.82) is 0 Å². The summed E-state index contributed by atoms with van der Waals surface area (Å²) >= 11 is 0. The second-order valence-electron chi connectivity index (χ2n) is 8.28. The van der Waals surface area contributed by atoms with E-state index in [1.807, 2.05) is 18.5 Å². The summed E-state index contributed by atoms with van der Waals surface area (Å²) in [5.74, 6) is 1.16. The Morgan fingerprint density at radius 3 is 2.00 bits per heavy atom. The van der Waals surface area contributed by atoms with E-state index < -0.39 is 0 Å². The molecule has 0 fully saturated rings. The predicted octanol–water partition coefficient (Wildman–Crippen LogP) is 3.50. The molecule has 0 radical (unpaired) electrons. The van der Waals surface area contributed by atoms with Crippen LogP contribution in [0.3, 0.4) is 0 Å². The molecule has 150 valence electrons. The molecule has 0 spiro atoms. The Morgan fingerprint density at radius 1 is 1.08 bits per heavy atom. The molecular formula is C18H40N4O3. The van der Waals surface area contributed by atoms with Gasteiger partial charge in [-0.15, -0.1) is 5.10 Å². The highest BCUT2D eigenvalue weighted by Crippen LogP contribution is 2.28. The topological polar surface area (TPSA) is 103 Å². The van der Waals surface area contributed by atoms with Crippen molar-refractivity contribution in [3.05, 3.63) is 11.9 Å². The Morgan fingerprint density at radius 2 is 1.60 bits per heavy atom. The zero-order chi connectivity index (χ0) is 20.0. The number of nitrogens with one attached hydrogen (secondary N) is 1. The molecule has 1 heterocycles. The fourth-order valence-electron chi connectivity index (χ4n) is 2.44. The van der Waals surface area contributed by atoms with Crippen molar-refractivity contribution >= 4 is 0 Å². The van der Waals surface area contributed by atoms with E-state index in [0.29, 0.717) is 24.0 Å². The van der Waals surface area contributed by atoms with Crippen LogP contribution in [0.25, 0.3) is 0 Å². The Labute approximate surface area is 153 Å². The van der Waals surface area contributed by atoms with Gasteiger partial charge < -0.3 is 5.11 Å².